The number of sulfonamides is 1. The lowest BCUT2D eigenvalue weighted by molar-refractivity contribution is -0.136. The second-order valence-electron chi connectivity index (χ2n) is 8.10. The number of benzene rings is 2. The van der Waals surface area contributed by atoms with Crippen molar-refractivity contribution in [2.45, 2.75) is 31.7 Å². The van der Waals surface area contributed by atoms with E-state index in [1.54, 1.807) is 17.0 Å². The highest BCUT2D eigenvalue weighted by Gasteiger charge is 2.38. The van der Waals surface area contributed by atoms with Gasteiger partial charge in [-0.3, -0.25) is 4.79 Å². The van der Waals surface area contributed by atoms with Crippen LogP contribution in [0.15, 0.2) is 70.1 Å². The molecule has 174 valence electrons. The summed E-state index contributed by atoms with van der Waals surface area (Å²) in [4.78, 5) is 19.1. The molecule has 4 rings (SSSR count). The molecule has 0 bridgehead atoms. The van der Waals surface area contributed by atoms with Gasteiger partial charge >= 0.3 is 0 Å². The first-order valence-electron chi connectivity index (χ1n) is 11.4. The Hall–Kier alpha value is -2.97. The molecular weight excluding hydrogens is 438 g/mol. The van der Waals surface area contributed by atoms with Gasteiger partial charge in [0.1, 0.15) is 0 Å². The van der Waals surface area contributed by atoms with Crippen molar-refractivity contribution in [3.05, 3.63) is 60.7 Å². The number of rotatable bonds is 7. The number of piperidine rings is 1. The van der Waals surface area contributed by atoms with Gasteiger partial charge in [-0.05, 0) is 38.8 Å². The van der Waals surface area contributed by atoms with Gasteiger partial charge in [0.2, 0.25) is 16.8 Å². The van der Waals surface area contributed by atoms with Crippen LogP contribution in [-0.4, -0.2) is 54.7 Å². The van der Waals surface area contributed by atoms with Crippen LogP contribution in [0.3, 0.4) is 0 Å². The lowest BCUT2D eigenvalue weighted by Crippen LogP contribution is -2.46. The van der Waals surface area contributed by atoms with Gasteiger partial charge < -0.3 is 9.32 Å². The van der Waals surface area contributed by atoms with E-state index >= 15 is 0 Å². The van der Waals surface area contributed by atoms with Gasteiger partial charge in [-0.15, -0.1) is 0 Å². The van der Waals surface area contributed by atoms with Crippen LogP contribution in [0.1, 0.15) is 26.7 Å². The zero-order chi connectivity index (χ0) is 23.4. The van der Waals surface area contributed by atoms with E-state index in [1.807, 2.05) is 62.4 Å². The fourth-order valence-corrected chi connectivity index (χ4v) is 5.82. The van der Waals surface area contributed by atoms with Gasteiger partial charge in [-0.2, -0.15) is 9.29 Å². The molecule has 3 aromatic rings. The smallest absolute Gasteiger partial charge is 0.264 e. The monoisotopic (exact) mass is 467 g/mol. The molecule has 1 unspecified atom stereocenters. The Bertz CT molecular complexity index is 1190. The zero-order valence-corrected chi connectivity index (χ0v) is 19.8. The Morgan fingerprint density at radius 2 is 1.64 bits per heavy atom. The molecule has 0 N–H and O–H groups in total. The van der Waals surface area contributed by atoms with Crippen molar-refractivity contribution in [1.82, 2.24) is 14.2 Å². The Kier molecular flexibility index (Phi) is 6.95. The summed E-state index contributed by atoms with van der Waals surface area (Å²) in [5.74, 6) is 0.120. The molecular formula is C25H29N3O4S. The highest BCUT2D eigenvalue weighted by molar-refractivity contribution is 7.89. The van der Waals surface area contributed by atoms with Crippen molar-refractivity contribution in [2.24, 2.45) is 5.92 Å². The lowest BCUT2D eigenvalue weighted by Gasteiger charge is -2.33. The van der Waals surface area contributed by atoms with Crippen LogP contribution in [0.25, 0.3) is 22.8 Å². The molecule has 33 heavy (non-hydrogen) atoms. The summed E-state index contributed by atoms with van der Waals surface area (Å²) in [6, 6.07) is 18.4. The SMILES string of the molecule is CCN(CC)C(=O)C1CCCN(S(=O)(=O)c2nc(-c3ccccc3)oc2-c2ccccc2)C1. The first kappa shape index (κ1) is 23.2. The lowest BCUT2D eigenvalue weighted by atomic mass is 9.98. The molecule has 7 nitrogen and oxygen atoms in total. The number of aromatic nitrogens is 1. The number of hydrogen-bond acceptors (Lipinski definition) is 5. The number of amides is 1. The van der Waals surface area contributed by atoms with Crippen LogP contribution in [0.5, 0.6) is 0 Å². The molecule has 8 heteroatoms. The van der Waals surface area contributed by atoms with E-state index in [2.05, 4.69) is 4.98 Å². The first-order chi connectivity index (χ1) is 16.0. The Labute approximate surface area is 195 Å². The predicted molar refractivity (Wildman–Crippen MR) is 127 cm³/mol. The third-order valence-corrected chi connectivity index (χ3v) is 7.82. The average Bonchev–Trinajstić information content (AvgIpc) is 3.32. The van der Waals surface area contributed by atoms with Crippen LogP contribution < -0.4 is 0 Å². The topological polar surface area (TPSA) is 83.7 Å². The molecule has 1 amide bonds. The van der Waals surface area contributed by atoms with Crippen molar-refractivity contribution in [3.63, 3.8) is 0 Å². The van der Waals surface area contributed by atoms with E-state index in [1.165, 1.54) is 4.31 Å². The molecule has 0 saturated carbocycles. The van der Waals surface area contributed by atoms with Gasteiger partial charge in [0, 0.05) is 37.3 Å². The molecule has 0 radical (unpaired) electrons. The summed E-state index contributed by atoms with van der Waals surface area (Å²) in [6.07, 6.45) is 1.31. The molecule has 1 atom stereocenters. The summed E-state index contributed by atoms with van der Waals surface area (Å²) in [5.41, 5.74) is 1.34. The zero-order valence-electron chi connectivity index (χ0n) is 19.0. The van der Waals surface area contributed by atoms with E-state index < -0.39 is 10.0 Å². The third-order valence-electron chi connectivity index (χ3n) is 6.05. The van der Waals surface area contributed by atoms with Crippen molar-refractivity contribution in [2.75, 3.05) is 26.2 Å². The van der Waals surface area contributed by atoms with E-state index in [4.69, 9.17) is 4.42 Å². The van der Waals surface area contributed by atoms with Gasteiger partial charge in [-0.1, -0.05) is 48.5 Å². The Morgan fingerprint density at radius 3 is 2.24 bits per heavy atom. The Balaban J connectivity index is 1.72. The van der Waals surface area contributed by atoms with Crippen LogP contribution in [-0.2, 0) is 14.8 Å². The number of carbonyl (C=O) groups is 1. The molecule has 1 aromatic heterocycles. The number of nitrogens with zero attached hydrogens (tertiary/aromatic N) is 3. The molecule has 2 heterocycles. The molecule has 1 aliphatic rings. The summed E-state index contributed by atoms with van der Waals surface area (Å²) < 4.78 is 35.0. The normalized spacial score (nSPS) is 17.1. The Morgan fingerprint density at radius 1 is 1.03 bits per heavy atom. The minimum Gasteiger partial charge on any atom is -0.435 e. The minimum absolute atomic E-state index is 0.00769. The first-order valence-corrected chi connectivity index (χ1v) is 12.8. The number of hydrogen-bond donors (Lipinski definition) is 0. The highest BCUT2D eigenvalue weighted by Crippen LogP contribution is 2.35. The van der Waals surface area contributed by atoms with Crippen LogP contribution in [0.4, 0.5) is 0 Å². The van der Waals surface area contributed by atoms with Gasteiger partial charge in [0.05, 0.1) is 5.92 Å². The second-order valence-corrected chi connectivity index (χ2v) is 9.95. The van der Waals surface area contributed by atoms with E-state index in [-0.39, 0.29) is 35.0 Å². The average molecular weight is 468 g/mol. The third kappa shape index (κ3) is 4.72. The summed E-state index contributed by atoms with van der Waals surface area (Å²) >= 11 is 0. The number of carbonyl (C=O) groups excluding carboxylic acids is 1. The fraction of sp³-hybridized carbons (Fsp3) is 0.360. The molecule has 0 spiro atoms. The van der Waals surface area contributed by atoms with Crippen molar-refractivity contribution in [1.29, 1.82) is 0 Å². The van der Waals surface area contributed by atoms with Gasteiger partial charge in [0.15, 0.2) is 5.76 Å². The largest absolute Gasteiger partial charge is 0.435 e. The van der Waals surface area contributed by atoms with Crippen molar-refractivity contribution in [3.8, 4) is 22.8 Å². The summed E-state index contributed by atoms with van der Waals surface area (Å²) in [5, 5.41) is -0.108. The quantitative estimate of drug-likeness (QED) is 0.518. The van der Waals surface area contributed by atoms with Crippen molar-refractivity contribution >= 4 is 15.9 Å². The second kappa shape index (κ2) is 9.89. The summed E-state index contributed by atoms with van der Waals surface area (Å²) in [7, 11) is -3.98. The predicted octanol–water partition coefficient (Wildman–Crippen LogP) is 4.28. The summed E-state index contributed by atoms with van der Waals surface area (Å²) in [6.45, 7) is 5.60. The van der Waals surface area contributed by atoms with E-state index in [9.17, 15) is 13.2 Å². The van der Waals surface area contributed by atoms with Gasteiger partial charge in [0.25, 0.3) is 10.0 Å². The van der Waals surface area contributed by atoms with Crippen LogP contribution >= 0.6 is 0 Å². The van der Waals surface area contributed by atoms with Crippen LogP contribution in [0.2, 0.25) is 0 Å². The molecule has 2 aromatic carbocycles. The maximum atomic E-state index is 13.8. The molecule has 1 aliphatic heterocycles. The van der Waals surface area contributed by atoms with Crippen molar-refractivity contribution < 1.29 is 17.6 Å². The highest BCUT2D eigenvalue weighted by atomic mass is 32.2. The van der Waals surface area contributed by atoms with E-state index in [0.717, 1.165) is 0 Å². The maximum Gasteiger partial charge on any atom is 0.264 e. The van der Waals surface area contributed by atoms with E-state index in [0.29, 0.717) is 43.6 Å². The molecule has 0 aliphatic carbocycles. The fourth-order valence-electron chi connectivity index (χ4n) is 4.24. The standard InChI is InChI=1S/C25H29N3O4S/c1-3-27(4-2)25(29)21-16-11-17-28(18-21)33(30,31)24-22(19-12-7-5-8-13-19)32-23(26-24)20-14-9-6-10-15-20/h5-10,12-15,21H,3-4,11,16-18H2,1-2H3. The van der Waals surface area contributed by atoms with Gasteiger partial charge in [-0.25, -0.2) is 8.42 Å². The maximum absolute atomic E-state index is 13.8. The minimum atomic E-state index is -3.98. The van der Waals surface area contributed by atoms with Crippen LogP contribution in [0, 0.1) is 5.92 Å². The number of oxazole rings is 1. The molecule has 1 fully saturated rings. The molecule has 1 saturated heterocycles.